The highest BCUT2D eigenvalue weighted by Gasteiger charge is 2.28. The van der Waals surface area contributed by atoms with Crippen LogP contribution in [0.25, 0.3) is 0 Å². The van der Waals surface area contributed by atoms with E-state index in [9.17, 15) is 4.79 Å². The van der Waals surface area contributed by atoms with E-state index in [2.05, 4.69) is 36.3 Å². The molecule has 1 aliphatic carbocycles. The van der Waals surface area contributed by atoms with E-state index in [1.807, 2.05) is 6.92 Å². The number of thioether (sulfide) groups is 1. The molecule has 4 nitrogen and oxygen atoms in total. The van der Waals surface area contributed by atoms with Crippen molar-refractivity contribution < 1.29 is 4.79 Å². The Labute approximate surface area is 119 Å². The van der Waals surface area contributed by atoms with Gasteiger partial charge in [-0.25, -0.2) is 0 Å². The summed E-state index contributed by atoms with van der Waals surface area (Å²) >= 11 is 1.45. The van der Waals surface area contributed by atoms with Gasteiger partial charge in [0, 0.05) is 5.71 Å². The first-order valence-electron chi connectivity index (χ1n) is 6.97. The molecule has 1 heterocycles. The van der Waals surface area contributed by atoms with E-state index in [1.54, 1.807) is 0 Å². The molecule has 2 rings (SSSR count). The topological polar surface area (TPSA) is 53.8 Å². The molecule has 0 aromatic rings. The van der Waals surface area contributed by atoms with Gasteiger partial charge in [-0.1, -0.05) is 32.5 Å². The molecule has 2 aliphatic rings. The van der Waals surface area contributed by atoms with Gasteiger partial charge in [-0.2, -0.15) is 5.10 Å². The highest BCUT2D eigenvalue weighted by Crippen LogP contribution is 2.36. The number of nitrogens with one attached hydrogen (secondary N) is 1. The number of rotatable bonds is 1. The molecule has 1 saturated heterocycles. The van der Waals surface area contributed by atoms with Crippen molar-refractivity contribution in [3.63, 3.8) is 0 Å². The van der Waals surface area contributed by atoms with E-state index < -0.39 is 0 Å². The second-order valence-corrected chi connectivity index (χ2v) is 7.79. The molecule has 106 valence electrons. The van der Waals surface area contributed by atoms with E-state index in [0.717, 1.165) is 18.8 Å². The van der Waals surface area contributed by atoms with Crippen LogP contribution in [0.4, 0.5) is 0 Å². The van der Waals surface area contributed by atoms with Crippen LogP contribution in [-0.4, -0.2) is 22.0 Å². The standard InChI is InChI=1S/C14H23N3OS/c1-9-12(18)15-13(19-9)17-16-11-7-5-10(6-8-11)14(2,3)4/h9-10H,5-8H2,1-4H3,(H,15,17,18)/t9-,10?/m1/s1. The van der Waals surface area contributed by atoms with E-state index in [0.29, 0.717) is 10.6 Å². The molecule has 0 spiro atoms. The molecular formula is C14H23N3OS. The molecule has 19 heavy (non-hydrogen) atoms. The Hall–Kier alpha value is -0.840. The van der Waals surface area contributed by atoms with Gasteiger partial charge in [0.15, 0.2) is 5.17 Å². The van der Waals surface area contributed by atoms with Gasteiger partial charge in [0.25, 0.3) is 0 Å². The highest BCUT2D eigenvalue weighted by molar-refractivity contribution is 8.15. The molecule has 1 saturated carbocycles. The van der Waals surface area contributed by atoms with Gasteiger partial charge in [0.2, 0.25) is 5.91 Å². The number of carbonyl (C=O) groups is 1. The molecule has 0 radical (unpaired) electrons. The normalized spacial score (nSPS) is 30.6. The van der Waals surface area contributed by atoms with E-state index in [-0.39, 0.29) is 11.2 Å². The number of hydrogen-bond acceptors (Lipinski definition) is 4. The Morgan fingerprint density at radius 1 is 1.21 bits per heavy atom. The molecule has 0 aromatic carbocycles. The van der Waals surface area contributed by atoms with Gasteiger partial charge in [0.05, 0.1) is 5.25 Å². The quantitative estimate of drug-likeness (QED) is 0.750. The molecule has 1 aliphatic heterocycles. The predicted octanol–water partition coefficient (Wildman–Crippen LogP) is 3.19. The fourth-order valence-corrected chi connectivity index (χ4v) is 3.29. The summed E-state index contributed by atoms with van der Waals surface area (Å²) in [5.41, 5.74) is 1.56. The van der Waals surface area contributed by atoms with Gasteiger partial charge in [-0.3, -0.25) is 4.79 Å². The van der Waals surface area contributed by atoms with Crippen LogP contribution in [0, 0.1) is 11.3 Å². The summed E-state index contributed by atoms with van der Waals surface area (Å²) in [6.45, 7) is 8.81. The van der Waals surface area contributed by atoms with Crippen LogP contribution in [0.15, 0.2) is 10.2 Å². The van der Waals surface area contributed by atoms with Crippen molar-refractivity contribution in [2.45, 2.75) is 58.6 Å². The maximum atomic E-state index is 11.3. The maximum Gasteiger partial charge on any atom is 0.239 e. The highest BCUT2D eigenvalue weighted by atomic mass is 32.2. The summed E-state index contributed by atoms with van der Waals surface area (Å²) in [6, 6.07) is 0. The monoisotopic (exact) mass is 281 g/mol. The number of carbonyl (C=O) groups excluding carboxylic acids is 1. The van der Waals surface area contributed by atoms with Crippen LogP contribution in [-0.2, 0) is 4.79 Å². The zero-order chi connectivity index (χ0) is 14.0. The van der Waals surface area contributed by atoms with Crippen LogP contribution in [0.2, 0.25) is 0 Å². The van der Waals surface area contributed by atoms with Crippen LogP contribution in [0.3, 0.4) is 0 Å². The lowest BCUT2D eigenvalue weighted by atomic mass is 9.72. The van der Waals surface area contributed by atoms with Gasteiger partial charge >= 0.3 is 0 Å². The second-order valence-electron chi connectivity index (χ2n) is 6.46. The maximum absolute atomic E-state index is 11.3. The van der Waals surface area contributed by atoms with Crippen molar-refractivity contribution in [2.24, 2.45) is 21.5 Å². The van der Waals surface area contributed by atoms with Crippen molar-refractivity contribution in [2.75, 3.05) is 0 Å². The largest absolute Gasteiger partial charge is 0.303 e. The molecule has 0 aromatic heterocycles. The molecule has 1 N–H and O–H groups in total. The lowest BCUT2D eigenvalue weighted by Gasteiger charge is -2.34. The zero-order valence-corrected chi connectivity index (χ0v) is 13.0. The zero-order valence-electron chi connectivity index (χ0n) is 12.2. The molecular weight excluding hydrogens is 258 g/mol. The minimum Gasteiger partial charge on any atom is -0.303 e. The van der Waals surface area contributed by atoms with Crippen LogP contribution < -0.4 is 5.32 Å². The number of amidine groups is 1. The summed E-state index contributed by atoms with van der Waals surface area (Å²) in [5.74, 6) is 0.806. The molecule has 1 amide bonds. The summed E-state index contributed by atoms with van der Waals surface area (Å²) < 4.78 is 0. The smallest absolute Gasteiger partial charge is 0.239 e. The van der Waals surface area contributed by atoms with Crippen LogP contribution in [0.5, 0.6) is 0 Å². The fourth-order valence-electron chi connectivity index (χ4n) is 2.54. The Morgan fingerprint density at radius 3 is 2.32 bits per heavy atom. The Bertz CT molecular complexity index is 413. The summed E-state index contributed by atoms with van der Waals surface area (Å²) in [5, 5.41) is 11.8. The van der Waals surface area contributed by atoms with Gasteiger partial charge in [-0.05, 0) is 43.9 Å². The Morgan fingerprint density at radius 2 is 1.84 bits per heavy atom. The van der Waals surface area contributed by atoms with E-state index in [4.69, 9.17) is 0 Å². The molecule has 0 unspecified atom stereocenters. The number of nitrogens with zero attached hydrogens (tertiary/aromatic N) is 2. The van der Waals surface area contributed by atoms with Crippen molar-refractivity contribution >= 4 is 28.5 Å². The number of hydrogen-bond donors (Lipinski definition) is 1. The average molecular weight is 281 g/mol. The van der Waals surface area contributed by atoms with Gasteiger partial charge in [0.1, 0.15) is 0 Å². The predicted molar refractivity (Wildman–Crippen MR) is 81.5 cm³/mol. The average Bonchev–Trinajstić information content (AvgIpc) is 2.66. The van der Waals surface area contributed by atoms with E-state index in [1.165, 1.54) is 30.3 Å². The van der Waals surface area contributed by atoms with Crippen LogP contribution >= 0.6 is 11.8 Å². The van der Waals surface area contributed by atoms with Crippen molar-refractivity contribution in [1.29, 1.82) is 0 Å². The molecule has 2 fully saturated rings. The van der Waals surface area contributed by atoms with Gasteiger partial charge in [-0.15, -0.1) is 5.10 Å². The second kappa shape index (κ2) is 5.65. The van der Waals surface area contributed by atoms with Gasteiger partial charge < -0.3 is 5.32 Å². The minimum atomic E-state index is -0.0458. The first-order valence-corrected chi connectivity index (χ1v) is 7.85. The lowest BCUT2D eigenvalue weighted by molar-refractivity contribution is -0.118. The third-order valence-electron chi connectivity index (χ3n) is 3.96. The summed E-state index contributed by atoms with van der Waals surface area (Å²) in [7, 11) is 0. The van der Waals surface area contributed by atoms with Crippen LogP contribution in [0.1, 0.15) is 53.4 Å². The molecule has 1 atom stereocenters. The summed E-state index contributed by atoms with van der Waals surface area (Å²) in [6.07, 6.45) is 4.46. The third kappa shape index (κ3) is 3.81. The lowest BCUT2D eigenvalue weighted by Crippen LogP contribution is -2.26. The third-order valence-corrected chi connectivity index (χ3v) is 4.93. The van der Waals surface area contributed by atoms with Crippen molar-refractivity contribution in [3.05, 3.63) is 0 Å². The Balaban J connectivity index is 1.90. The fraction of sp³-hybridized carbons (Fsp3) is 0.786. The van der Waals surface area contributed by atoms with Crippen molar-refractivity contribution in [3.8, 4) is 0 Å². The summed E-state index contributed by atoms with van der Waals surface area (Å²) in [4.78, 5) is 11.3. The first-order chi connectivity index (χ1) is 8.86. The Kier molecular flexibility index (Phi) is 4.33. The SMILES string of the molecule is C[C@H]1S/C(=N\N=C2CCC(C(C)(C)C)CC2)NC1=O. The minimum absolute atomic E-state index is 0.0281. The first kappa shape index (κ1) is 14.6. The van der Waals surface area contributed by atoms with E-state index >= 15 is 0 Å². The molecule has 0 bridgehead atoms. The van der Waals surface area contributed by atoms with Crippen molar-refractivity contribution in [1.82, 2.24) is 5.32 Å². The number of amides is 1. The molecule has 5 heteroatoms.